The average Bonchev–Trinajstić information content (AvgIpc) is 3.25. The quantitative estimate of drug-likeness (QED) is 0.515. The Bertz CT molecular complexity index is 1330. The van der Waals surface area contributed by atoms with Crippen molar-refractivity contribution in [3.05, 3.63) is 55.3 Å². The second kappa shape index (κ2) is 9.41. The molecule has 1 unspecified atom stereocenters. The van der Waals surface area contributed by atoms with Gasteiger partial charge in [0.1, 0.15) is 23.6 Å². The number of nitrogens with zero attached hydrogens (tertiary/aromatic N) is 4. The minimum Gasteiger partial charge on any atom is -0.337 e. The molecule has 11 heteroatoms. The Hall–Kier alpha value is -3.47. The summed E-state index contributed by atoms with van der Waals surface area (Å²) in [4.78, 5) is 22.8. The molecule has 0 saturated carbocycles. The number of likely N-dealkylation sites (tertiary alicyclic amines) is 1. The number of anilines is 2. The van der Waals surface area contributed by atoms with E-state index in [-0.39, 0.29) is 28.7 Å². The molecule has 3 aromatic rings. The van der Waals surface area contributed by atoms with Crippen molar-refractivity contribution in [2.75, 3.05) is 24.7 Å². The van der Waals surface area contributed by atoms with Crippen LogP contribution in [0.5, 0.6) is 0 Å². The van der Waals surface area contributed by atoms with Crippen molar-refractivity contribution in [1.29, 1.82) is 0 Å². The maximum Gasteiger partial charge on any atom is 0.317 e. The third-order valence-electron chi connectivity index (χ3n) is 5.98. The summed E-state index contributed by atoms with van der Waals surface area (Å²) in [6, 6.07) is 5.56. The molecule has 0 spiro atoms. The fourth-order valence-electron chi connectivity index (χ4n) is 4.01. The molecular weight excluding hydrogens is 459 g/mol. The van der Waals surface area contributed by atoms with E-state index in [1.54, 1.807) is 11.0 Å². The number of fused-ring (bicyclic) bond motifs is 1. The van der Waals surface area contributed by atoms with Gasteiger partial charge in [-0.2, -0.15) is 0 Å². The summed E-state index contributed by atoms with van der Waals surface area (Å²) in [5.41, 5.74) is 0.821. The summed E-state index contributed by atoms with van der Waals surface area (Å²) < 4.78 is 39.9. The summed E-state index contributed by atoms with van der Waals surface area (Å²) in [6.45, 7) is 6.80. The first-order valence-corrected chi connectivity index (χ1v) is 12.8. The zero-order chi connectivity index (χ0) is 24.5. The van der Waals surface area contributed by atoms with Crippen molar-refractivity contribution < 1.29 is 17.6 Å². The summed E-state index contributed by atoms with van der Waals surface area (Å²) >= 11 is 0. The van der Waals surface area contributed by atoms with Crippen molar-refractivity contribution in [2.45, 2.75) is 36.7 Å². The first kappa shape index (κ1) is 23.7. The maximum atomic E-state index is 14.5. The maximum absolute atomic E-state index is 14.5. The van der Waals surface area contributed by atoms with E-state index in [0.29, 0.717) is 29.9 Å². The smallest absolute Gasteiger partial charge is 0.317 e. The van der Waals surface area contributed by atoms with Crippen LogP contribution in [0.4, 0.5) is 20.7 Å². The Morgan fingerprint density at radius 2 is 2.00 bits per heavy atom. The monoisotopic (exact) mass is 486 g/mol. The highest BCUT2D eigenvalue weighted by molar-refractivity contribution is 7.90. The molecular formula is C23H27FN6O3S. The lowest BCUT2D eigenvalue weighted by Gasteiger charge is -2.33. The Morgan fingerprint density at radius 1 is 1.26 bits per heavy atom. The molecule has 1 aliphatic heterocycles. The zero-order valence-corrected chi connectivity index (χ0v) is 19.8. The number of aromatic nitrogens is 3. The minimum absolute atomic E-state index is 0.0892. The fourth-order valence-corrected chi connectivity index (χ4v) is 4.65. The van der Waals surface area contributed by atoms with Crippen molar-refractivity contribution in [3.8, 4) is 0 Å². The fraction of sp³-hybridized carbons (Fsp3) is 0.348. The van der Waals surface area contributed by atoms with Crippen LogP contribution >= 0.6 is 0 Å². The summed E-state index contributed by atoms with van der Waals surface area (Å²) in [5, 5.41) is 6.56. The highest BCUT2D eigenvalue weighted by Gasteiger charge is 2.25. The Morgan fingerprint density at radius 3 is 2.65 bits per heavy atom. The van der Waals surface area contributed by atoms with Crippen molar-refractivity contribution >= 4 is 38.4 Å². The molecule has 1 aromatic carbocycles. The summed E-state index contributed by atoms with van der Waals surface area (Å²) in [5.74, 6) is -0.268. The second-order valence-corrected chi connectivity index (χ2v) is 10.4. The van der Waals surface area contributed by atoms with E-state index in [1.807, 2.05) is 19.2 Å². The number of nitrogens with one attached hydrogen (secondary N) is 2. The van der Waals surface area contributed by atoms with Crippen LogP contribution in [0.25, 0.3) is 11.0 Å². The van der Waals surface area contributed by atoms with Gasteiger partial charge < -0.3 is 20.1 Å². The number of amides is 2. The molecule has 1 aliphatic rings. The number of hydrogen-bond donors (Lipinski definition) is 2. The van der Waals surface area contributed by atoms with Gasteiger partial charge in [-0.05, 0) is 44.0 Å². The van der Waals surface area contributed by atoms with E-state index < -0.39 is 15.7 Å². The number of urea groups is 1. The van der Waals surface area contributed by atoms with Gasteiger partial charge in [-0.3, -0.25) is 0 Å². The van der Waals surface area contributed by atoms with Gasteiger partial charge in [0.15, 0.2) is 9.84 Å². The number of sulfone groups is 1. The zero-order valence-electron chi connectivity index (χ0n) is 19.0. The SMILES string of the molecule is C=CC(C)NC(=O)N1CCC(n2ccc3c(Nc4ccc(S(C)(=O)=O)cc4F)ncnc32)CC1. The number of carbonyl (C=O) groups excluding carboxylic acids is 1. The van der Waals surface area contributed by atoms with Crippen molar-refractivity contribution in [2.24, 2.45) is 0 Å². The van der Waals surface area contributed by atoms with E-state index >= 15 is 0 Å². The van der Waals surface area contributed by atoms with Gasteiger partial charge in [-0.25, -0.2) is 27.6 Å². The standard InChI is InChI=1S/C23H27FN6O3S/c1-4-15(2)27-23(31)29-10-7-16(8-11-29)30-12-9-18-21(25-14-26-22(18)30)28-20-6-5-17(13-19(20)24)34(3,32)33/h4-6,9,12-16H,1,7-8,10-11H2,2-3H3,(H,27,31)(H,25,26,28). The van der Waals surface area contributed by atoms with E-state index in [2.05, 4.69) is 31.7 Å². The number of benzene rings is 1. The molecule has 2 aromatic heterocycles. The van der Waals surface area contributed by atoms with Gasteiger partial charge in [-0.1, -0.05) is 6.08 Å². The van der Waals surface area contributed by atoms with Crippen LogP contribution in [0.15, 0.2) is 54.3 Å². The molecule has 4 rings (SSSR count). The highest BCUT2D eigenvalue weighted by Crippen LogP contribution is 2.31. The molecule has 0 aliphatic carbocycles. The molecule has 34 heavy (non-hydrogen) atoms. The number of hydrogen-bond acceptors (Lipinski definition) is 6. The Balaban J connectivity index is 1.51. The first-order chi connectivity index (χ1) is 16.2. The second-order valence-electron chi connectivity index (χ2n) is 8.41. The Kier molecular flexibility index (Phi) is 6.56. The van der Waals surface area contributed by atoms with Crippen molar-refractivity contribution in [3.63, 3.8) is 0 Å². The van der Waals surface area contributed by atoms with Crippen LogP contribution in [0.2, 0.25) is 0 Å². The predicted octanol–water partition coefficient (Wildman–Crippen LogP) is 3.64. The lowest BCUT2D eigenvalue weighted by molar-refractivity contribution is 0.171. The number of piperidine rings is 1. The number of rotatable bonds is 6. The molecule has 2 N–H and O–H groups in total. The minimum atomic E-state index is -3.51. The van der Waals surface area contributed by atoms with E-state index in [1.165, 1.54) is 18.5 Å². The van der Waals surface area contributed by atoms with E-state index in [9.17, 15) is 17.6 Å². The van der Waals surface area contributed by atoms with Crippen LogP contribution in [0.3, 0.4) is 0 Å². The van der Waals surface area contributed by atoms with Crippen LogP contribution in [0, 0.1) is 5.82 Å². The molecule has 0 bridgehead atoms. The topological polar surface area (TPSA) is 109 Å². The number of halogens is 1. The van der Waals surface area contributed by atoms with Gasteiger partial charge in [-0.15, -0.1) is 6.58 Å². The van der Waals surface area contributed by atoms with E-state index in [4.69, 9.17) is 0 Å². The van der Waals surface area contributed by atoms with E-state index in [0.717, 1.165) is 25.2 Å². The largest absolute Gasteiger partial charge is 0.337 e. The molecule has 1 atom stereocenters. The third kappa shape index (κ3) is 4.89. The molecule has 180 valence electrons. The molecule has 3 heterocycles. The normalized spacial score (nSPS) is 15.8. The van der Waals surface area contributed by atoms with Crippen LogP contribution in [0.1, 0.15) is 25.8 Å². The van der Waals surface area contributed by atoms with Crippen molar-refractivity contribution in [1.82, 2.24) is 24.8 Å². The molecule has 0 radical (unpaired) electrons. The highest BCUT2D eigenvalue weighted by atomic mass is 32.2. The van der Waals surface area contributed by atoms with Gasteiger partial charge in [0, 0.05) is 37.6 Å². The van der Waals surface area contributed by atoms with Gasteiger partial charge >= 0.3 is 6.03 Å². The number of carbonyl (C=O) groups is 1. The lowest BCUT2D eigenvalue weighted by atomic mass is 10.1. The van der Waals surface area contributed by atoms with Gasteiger partial charge in [0.2, 0.25) is 0 Å². The average molecular weight is 487 g/mol. The summed E-state index contributed by atoms with van der Waals surface area (Å²) in [7, 11) is -3.51. The predicted molar refractivity (Wildman–Crippen MR) is 128 cm³/mol. The molecule has 1 saturated heterocycles. The molecule has 1 fully saturated rings. The molecule has 2 amide bonds. The lowest BCUT2D eigenvalue weighted by Crippen LogP contribution is -2.46. The van der Waals surface area contributed by atoms with Crippen LogP contribution in [-0.4, -0.2) is 59.3 Å². The van der Waals surface area contributed by atoms with Crippen LogP contribution < -0.4 is 10.6 Å². The van der Waals surface area contributed by atoms with Crippen LogP contribution in [-0.2, 0) is 9.84 Å². The van der Waals surface area contributed by atoms with Gasteiger partial charge in [0.25, 0.3) is 0 Å². The molecule has 9 nitrogen and oxygen atoms in total. The Labute approximate surface area is 197 Å². The first-order valence-electron chi connectivity index (χ1n) is 10.9. The summed E-state index contributed by atoms with van der Waals surface area (Å²) in [6.07, 6.45) is 7.59. The van der Waals surface area contributed by atoms with Gasteiger partial charge in [0.05, 0.1) is 16.0 Å². The third-order valence-corrected chi connectivity index (χ3v) is 7.09.